The van der Waals surface area contributed by atoms with Gasteiger partial charge in [0.25, 0.3) is 0 Å². The van der Waals surface area contributed by atoms with Crippen LogP contribution in [-0.4, -0.2) is 9.97 Å². The van der Waals surface area contributed by atoms with Crippen molar-refractivity contribution in [3.05, 3.63) is 170 Å². The van der Waals surface area contributed by atoms with E-state index in [9.17, 15) is 0 Å². The zero-order valence-corrected chi connectivity index (χ0v) is 27.1. The van der Waals surface area contributed by atoms with Gasteiger partial charge in [-0.3, -0.25) is 0 Å². The summed E-state index contributed by atoms with van der Waals surface area (Å²) in [5, 5.41) is 17.6. The number of hydrogen-bond donors (Lipinski definition) is 0. The maximum Gasteiger partial charge on any atom is 0.160 e. The van der Waals surface area contributed by atoms with Crippen molar-refractivity contribution in [1.82, 2.24) is 9.97 Å². The summed E-state index contributed by atoms with van der Waals surface area (Å²) < 4.78 is 0. The molecule has 2 heteroatoms. The number of fused-ring (bicyclic) bond motifs is 3. The van der Waals surface area contributed by atoms with Crippen LogP contribution in [0.3, 0.4) is 0 Å². The SMILES string of the molecule is c1ccc(-c2nc(-c3cc4ccc5cccc6c7cccc8ccc9cccc(c(c3)c4c56)c9c87)cc(-c3cccc4ccccc34)n2)cc1. The van der Waals surface area contributed by atoms with Crippen LogP contribution < -0.4 is 0 Å². The monoisotopic (exact) mass is 632 g/mol. The van der Waals surface area contributed by atoms with Crippen LogP contribution in [0.2, 0.25) is 0 Å². The minimum Gasteiger partial charge on any atom is -0.228 e. The fraction of sp³-hybridized carbons (Fsp3) is 0. The number of nitrogens with zero attached hydrogens (tertiary/aromatic N) is 2. The normalized spacial score (nSPS) is 12.0. The first kappa shape index (κ1) is 27.3. The Kier molecular flexibility index (Phi) is 5.70. The van der Waals surface area contributed by atoms with Crippen LogP contribution in [0, 0.1) is 0 Å². The van der Waals surface area contributed by atoms with E-state index in [1.54, 1.807) is 0 Å². The van der Waals surface area contributed by atoms with Gasteiger partial charge in [0.2, 0.25) is 0 Å². The Balaban J connectivity index is 1.30. The Morgan fingerprint density at radius 3 is 1.48 bits per heavy atom. The van der Waals surface area contributed by atoms with Gasteiger partial charge in [-0.1, -0.05) is 152 Å². The third kappa shape index (κ3) is 3.96. The molecule has 2 nitrogen and oxygen atoms in total. The third-order valence-electron chi connectivity index (χ3n) is 10.5. The van der Waals surface area contributed by atoms with Crippen molar-refractivity contribution in [3.63, 3.8) is 0 Å². The topological polar surface area (TPSA) is 25.8 Å². The second-order valence-electron chi connectivity index (χ2n) is 13.3. The molecule has 0 radical (unpaired) electrons. The molecule has 0 atom stereocenters. The molecular formula is C48H28N2. The average molecular weight is 633 g/mol. The number of rotatable bonds is 3. The van der Waals surface area contributed by atoms with E-state index in [1.807, 2.05) is 6.07 Å². The van der Waals surface area contributed by atoms with Crippen molar-refractivity contribution in [1.29, 1.82) is 0 Å². The molecule has 0 spiro atoms. The lowest BCUT2D eigenvalue weighted by Crippen LogP contribution is -1.97. The van der Waals surface area contributed by atoms with Gasteiger partial charge in [-0.15, -0.1) is 0 Å². The molecule has 11 aromatic rings. The first-order chi connectivity index (χ1) is 24.8. The number of hydrogen-bond acceptors (Lipinski definition) is 2. The lowest BCUT2D eigenvalue weighted by molar-refractivity contribution is 1.19. The van der Waals surface area contributed by atoms with Gasteiger partial charge in [0, 0.05) is 16.7 Å². The van der Waals surface area contributed by atoms with Gasteiger partial charge < -0.3 is 0 Å². The van der Waals surface area contributed by atoms with E-state index in [0.29, 0.717) is 0 Å². The van der Waals surface area contributed by atoms with Gasteiger partial charge in [0.05, 0.1) is 11.4 Å². The molecule has 0 saturated heterocycles. The summed E-state index contributed by atoms with van der Waals surface area (Å²) in [6.07, 6.45) is 0. The average Bonchev–Trinajstić information content (AvgIpc) is 3.19. The molecule has 0 aliphatic rings. The van der Waals surface area contributed by atoms with Crippen molar-refractivity contribution in [2.24, 2.45) is 0 Å². The summed E-state index contributed by atoms with van der Waals surface area (Å²) in [7, 11) is 0. The smallest absolute Gasteiger partial charge is 0.160 e. The molecule has 1 heterocycles. The van der Waals surface area contributed by atoms with Gasteiger partial charge in [0.1, 0.15) is 0 Å². The van der Waals surface area contributed by atoms with Crippen LogP contribution >= 0.6 is 0 Å². The molecule has 0 bridgehead atoms. The van der Waals surface area contributed by atoms with Crippen LogP contribution in [0.25, 0.3) is 109 Å². The second-order valence-corrected chi connectivity index (χ2v) is 13.3. The van der Waals surface area contributed by atoms with Crippen LogP contribution in [0.5, 0.6) is 0 Å². The summed E-state index contributed by atoms with van der Waals surface area (Å²) >= 11 is 0. The molecule has 11 rings (SSSR count). The molecule has 50 heavy (non-hydrogen) atoms. The second kappa shape index (κ2) is 10.4. The fourth-order valence-corrected chi connectivity index (χ4v) is 8.33. The predicted molar refractivity (Wildman–Crippen MR) is 212 cm³/mol. The minimum absolute atomic E-state index is 0.718. The summed E-state index contributed by atoms with van der Waals surface area (Å²) in [6, 6.07) is 61.6. The molecular weight excluding hydrogens is 605 g/mol. The molecule has 0 aliphatic carbocycles. The molecule has 0 saturated carbocycles. The van der Waals surface area contributed by atoms with Crippen molar-refractivity contribution in [2.75, 3.05) is 0 Å². The predicted octanol–water partition coefficient (Wildman–Crippen LogP) is 13.0. The van der Waals surface area contributed by atoms with Crippen molar-refractivity contribution < 1.29 is 0 Å². The van der Waals surface area contributed by atoms with E-state index in [2.05, 4.69) is 164 Å². The summed E-state index contributed by atoms with van der Waals surface area (Å²) in [6.45, 7) is 0. The first-order valence-electron chi connectivity index (χ1n) is 17.2. The number of aromatic nitrogens is 2. The third-order valence-corrected chi connectivity index (χ3v) is 10.5. The zero-order chi connectivity index (χ0) is 32.8. The maximum atomic E-state index is 5.29. The molecule has 0 fully saturated rings. The molecule has 0 amide bonds. The molecule has 0 aliphatic heterocycles. The largest absolute Gasteiger partial charge is 0.228 e. The summed E-state index contributed by atoms with van der Waals surface area (Å²) in [5.74, 6) is 0.718. The van der Waals surface area contributed by atoms with E-state index in [4.69, 9.17) is 9.97 Å². The highest BCUT2D eigenvalue weighted by Gasteiger charge is 2.18. The fourth-order valence-electron chi connectivity index (χ4n) is 8.33. The van der Waals surface area contributed by atoms with Crippen molar-refractivity contribution in [3.8, 4) is 33.9 Å². The minimum atomic E-state index is 0.718. The molecule has 230 valence electrons. The molecule has 0 unspecified atom stereocenters. The molecule has 0 N–H and O–H groups in total. The van der Waals surface area contributed by atoms with Crippen LogP contribution in [0.15, 0.2) is 170 Å². The van der Waals surface area contributed by atoms with Crippen LogP contribution in [0.1, 0.15) is 0 Å². The van der Waals surface area contributed by atoms with Crippen LogP contribution in [-0.2, 0) is 0 Å². The van der Waals surface area contributed by atoms with E-state index < -0.39 is 0 Å². The Labute approximate surface area is 288 Å². The highest BCUT2D eigenvalue weighted by Crippen LogP contribution is 2.44. The Bertz CT molecular complexity index is 3130. The van der Waals surface area contributed by atoms with Gasteiger partial charge in [0.15, 0.2) is 5.82 Å². The summed E-state index contributed by atoms with van der Waals surface area (Å²) in [4.78, 5) is 10.5. The lowest BCUT2D eigenvalue weighted by Gasteiger charge is -2.17. The van der Waals surface area contributed by atoms with Gasteiger partial charge in [-0.25, -0.2) is 9.97 Å². The van der Waals surface area contributed by atoms with Crippen molar-refractivity contribution >= 4 is 75.4 Å². The van der Waals surface area contributed by atoms with Crippen molar-refractivity contribution in [2.45, 2.75) is 0 Å². The molecule has 10 aromatic carbocycles. The van der Waals surface area contributed by atoms with Gasteiger partial charge in [-0.05, 0) is 93.6 Å². The number of benzene rings is 9. The Hall–Kier alpha value is -6.64. The van der Waals surface area contributed by atoms with Gasteiger partial charge >= 0.3 is 0 Å². The quantitative estimate of drug-likeness (QED) is 0.181. The van der Waals surface area contributed by atoms with Gasteiger partial charge in [-0.2, -0.15) is 0 Å². The standard InChI is InChI=1S/C48H28N2/c1-2-11-33(12-3-1)48-49-42(28-43(50-48)37-18-6-13-29-10-4-5-17-36(29)37)35-26-34-25-24-32-15-8-20-39-38-19-7-14-30-22-23-31-16-9-21-40(46(31)44(30)38)41(27-35)47(34)45(32)39/h1-28H. The zero-order valence-electron chi connectivity index (χ0n) is 27.1. The highest BCUT2D eigenvalue weighted by molar-refractivity contribution is 6.37. The lowest BCUT2D eigenvalue weighted by atomic mass is 9.87. The Morgan fingerprint density at radius 2 is 0.780 bits per heavy atom. The van der Waals surface area contributed by atoms with Crippen LogP contribution in [0.4, 0.5) is 0 Å². The Morgan fingerprint density at radius 1 is 0.280 bits per heavy atom. The van der Waals surface area contributed by atoms with E-state index >= 15 is 0 Å². The van der Waals surface area contributed by atoms with E-state index in [1.165, 1.54) is 75.4 Å². The maximum absolute atomic E-state index is 5.29. The summed E-state index contributed by atoms with van der Waals surface area (Å²) in [5.41, 5.74) is 4.98. The molecule has 1 aromatic heterocycles. The first-order valence-corrected chi connectivity index (χ1v) is 17.2. The van der Waals surface area contributed by atoms with E-state index in [0.717, 1.165) is 33.9 Å². The highest BCUT2D eigenvalue weighted by atomic mass is 14.9. The van der Waals surface area contributed by atoms with E-state index in [-0.39, 0.29) is 0 Å².